The summed E-state index contributed by atoms with van der Waals surface area (Å²) < 4.78 is 13.1. The highest BCUT2D eigenvalue weighted by atomic mass is 35.5. The number of amides is 5. The molecule has 5 aromatic rings. The number of halogens is 1. The number of piperazine rings is 1. The standard InChI is InChI=1S/C41H43ClN10O9/c1-41(2,3)61-40(59)52-30-12-10-28(20-25(30)21-34(52)38(56)57)44-35(53)33(19-24-5-8-27(9-6-24)45-39(58)48-15-13-29(60-4)14-16-48)50-18-17-49(36(54)37(50)55)32-22-26(42)7-11-31(32)51-23-43-46-47-51/h5-12,20-23,29,33H,13-19H2,1-4H3,(H,44,53)(H,45,58)(H,56,57). The van der Waals surface area contributed by atoms with E-state index in [-0.39, 0.29) is 54.2 Å². The summed E-state index contributed by atoms with van der Waals surface area (Å²) in [5, 5.41) is 27.5. The fourth-order valence-electron chi connectivity index (χ4n) is 7.32. The predicted molar refractivity (Wildman–Crippen MR) is 222 cm³/mol. The van der Waals surface area contributed by atoms with Crippen molar-refractivity contribution >= 4 is 75.4 Å². The van der Waals surface area contributed by atoms with Crippen molar-refractivity contribution in [3.8, 4) is 5.69 Å². The summed E-state index contributed by atoms with van der Waals surface area (Å²) in [5.41, 5.74) is 1.04. The number of methoxy groups -OCH3 is 1. The van der Waals surface area contributed by atoms with Gasteiger partial charge in [-0.05, 0) is 104 Å². The summed E-state index contributed by atoms with van der Waals surface area (Å²) in [4.78, 5) is 84.9. The lowest BCUT2D eigenvalue weighted by Crippen LogP contribution is -2.60. The Morgan fingerprint density at radius 3 is 2.26 bits per heavy atom. The number of tetrazole rings is 1. The molecule has 3 N–H and O–H groups in total. The molecule has 318 valence electrons. The van der Waals surface area contributed by atoms with Crippen LogP contribution >= 0.6 is 11.6 Å². The van der Waals surface area contributed by atoms with Crippen molar-refractivity contribution in [2.45, 2.75) is 57.8 Å². The maximum Gasteiger partial charge on any atom is 0.419 e. The Bertz CT molecular complexity index is 2490. The number of carbonyl (C=O) groups excluding carboxylic acids is 5. The third-order valence-electron chi connectivity index (χ3n) is 10.3. The predicted octanol–water partition coefficient (Wildman–Crippen LogP) is 4.82. The molecule has 2 aromatic heterocycles. The highest BCUT2D eigenvalue weighted by Gasteiger charge is 2.41. The lowest BCUT2D eigenvalue weighted by Gasteiger charge is -2.38. The molecular weight excluding hydrogens is 812 g/mol. The van der Waals surface area contributed by atoms with Crippen LogP contribution in [-0.4, -0.2) is 127 Å². The van der Waals surface area contributed by atoms with Crippen LogP contribution in [0.5, 0.6) is 0 Å². The lowest BCUT2D eigenvalue weighted by molar-refractivity contribution is -0.149. The number of rotatable bonds is 10. The van der Waals surface area contributed by atoms with E-state index >= 15 is 0 Å². The molecule has 4 heterocycles. The highest BCUT2D eigenvalue weighted by Crippen LogP contribution is 2.31. The van der Waals surface area contributed by atoms with Gasteiger partial charge in [-0.25, -0.2) is 19.0 Å². The average Bonchev–Trinajstić information content (AvgIpc) is 3.90. The maximum absolute atomic E-state index is 14.4. The van der Waals surface area contributed by atoms with Crippen LogP contribution in [0.1, 0.15) is 49.7 Å². The normalized spacial score (nSPS) is 15.5. The van der Waals surface area contributed by atoms with E-state index in [9.17, 15) is 33.9 Å². The zero-order chi connectivity index (χ0) is 43.6. The number of benzene rings is 3. The van der Waals surface area contributed by atoms with Crippen LogP contribution in [0.2, 0.25) is 5.02 Å². The topological polar surface area (TPSA) is 223 Å². The van der Waals surface area contributed by atoms with Gasteiger partial charge in [0.1, 0.15) is 23.7 Å². The fraction of sp³-hybridized carbons (Fsp3) is 0.341. The molecule has 2 fully saturated rings. The summed E-state index contributed by atoms with van der Waals surface area (Å²) in [5.74, 6) is -3.88. The second kappa shape index (κ2) is 17.4. The molecule has 0 aliphatic carbocycles. The Kier molecular flexibility index (Phi) is 12.1. The van der Waals surface area contributed by atoms with E-state index in [4.69, 9.17) is 21.1 Å². The molecule has 5 amide bonds. The van der Waals surface area contributed by atoms with Gasteiger partial charge in [-0.1, -0.05) is 23.7 Å². The second-order valence-corrected chi connectivity index (χ2v) is 16.0. The summed E-state index contributed by atoms with van der Waals surface area (Å²) in [7, 11) is 1.66. The Balaban J connectivity index is 1.15. The first-order chi connectivity index (χ1) is 29.1. The molecule has 0 spiro atoms. The molecule has 1 unspecified atom stereocenters. The number of ether oxygens (including phenoxy) is 2. The number of anilines is 3. The molecule has 19 nitrogen and oxygen atoms in total. The van der Waals surface area contributed by atoms with E-state index in [2.05, 4.69) is 26.2 Å². The average molecular weight is 855 g/mol. The lowest BCUT2D eigenvalue weighted by atomic mass is 10.0. The van der Waals surface area contributed by atoms with Gasteiger partial charge in [0.05, 0.1) is 23.0 Å². The molecule has 0 bridgehead atoms. The van der Waals surface area contributed by atoms with Gasteiger partial charge in [0, 0.05) is 61.5 Å². The number of nitrogens with one attached hydrogen (secondary N) is 2. The largest absolute Gasteiger partial charge is 0.477 e. The maximum atomic E-state index is 14.4. The number of hydrogen-bond donors (Lipinski definition) is 3. The first kappa shape index (κ1) is 42.3. The van der Waals surface area contributed by atoms with Crippen LogP contribution in [0.4, 0.5) is 26.7 Å². The molecule has 2 aliphatic heterocycles. The minimum absolute atomic E-state index is 0.0154. The Labute approximate surface area is 354 Å². The number of aromatic nitrogens is 5. The van der Waals surface area contributed by atoms with Gasteiger partial charge >= 0.3 is 29.9 Å². The fourth-order valence-corrected chi connectivity index (χ4v) is 7.49. The van der Waals surface area contributed by atoms with Gasteiger partial charge in [0.2, 0.25) is 5.91 Å². The van der Waals surface area contributed by atoms with Gasteiger partial charge in [-0.3, -0.25) is 14.4 Å². The third-order valence-corrected chi connectivity index (χ3v) is 10.6. The number of nitrogens with zero attached hydrogens (tertiary/aromatic N) is 8. The number of carboxylic acid groups (broad SMARTS) is 1. The number of urea groups is 1. The third kappa shape index (κ3) is 9.32. The van der Waals surface area contributed by atoms with E-state index in [0.717, 1.165) is 17.4 Å². The minimum atomic E-state index is -1.37. The monoisotopic (exact) mass is 854 g/mol. The van der Waals surface area contributed by atoms with Crippen molar-refractivity contribution in [2.24, 2.45) is 0 Å². The highest BCUT2D eigenvalue weighted by molar-refractivity contribution is 6.41. The van der Waals surface area contributed by atoms with Gasteiger partial charge in [0.25, 0.3) is 0 Å². The molecule has 3 aromatic carbocycles. The molecule has 0 saturated carbocycles. The summed E-state index contributed by atoms with van der Waals surface area (Å²) in [6.07, 6.45) is 2.00. The molecule has 7 rings (SSSR count). The minimum Gasteiger partial charge on any atom is -0.477 e. The van der Waals surface area contributed by atoms with Crippen LogP contribution in [0.3, 0.4) is 0 Å². The first-order valence-corrected chi connectivity index (χ1v) is 19.7. The number of carbonyl (C=O) groups is 6. The number of aromatic carboxylic acids is 1. The van der Waals surface area contributed by atoms with Gasteiger partial charge < -0.3 is 39.9 Å². The molecule has 2 saturated heterocycles. The van der Waals surface area contributed by atoms with Crippen LogP contribution < -0.4 is 15.5 Å². The SMILES string of the molecule is COC1CCN(C(=O)Nc2ccc(CC(C(=O)Nc3ccc4c(c3)cc(C(=O)O)n4C(=O)OC(C)(C)C)N3CCN(c4cc(Cl)ccc4-n4cnnn4)C(=O)C3=O)cc2)CC1. The zero-order valence-corrected chi connectivity index (χ0v) is 34.5. The molecule has 0 radical (unpaired) electrons. The van der Waals surface area contributed by atoms with Crippen LogP contribution in [0.15, 0.2) is 73.1 Å². The number of piperidine rings is 1. The van der Waals surface area contributed by atoms with E-state index in [1.54, 1.807) is 69.2 Å². The first-order valence-electron chi connectivity index (χ1n) is 19.4. The molecule has 61 heavy (non-hydrogen) atoms. The molecule has 2 aliphatic rings. The zero-order valence-electron chi connectivity index (χ0n) is 33.7. The van der Waals surface area contributed by atoms with Gasteiger partial charge in [-0.15, -0.1) is 5.10 Å². The quantitative estimate of drug-likeness (QED) is 0.161. The number of fused-ring (bicyclic) bond motifs is 1. The second-order valence-electron chi connectivity index (χ2n) is 15.5. The van der Waals surface area contributed by atoms with Crippen LogP contribution in [0.25, 0.3) is 16.6 Å². The molecular formula is C41H43ClN10O9. The van der Waals surface area contributed by atoms with Crippen molar-refractivity contribution in [1.29, 1.82) is 0 Å². The van der Waals surface area contributed by atoms with Crippen molar-refractivity contribution in [3.63, 3.8) is 0 Å². The Morgan fingerprint density at radius 1 is 0.885 bits per heavy atom. The Hall–Kier alpha value is -6.86. The Morgan fingerprint density at radius 2 is 1.61 bits per heavy atom. The van der Waals surface area contributed by atoms with Crippen molar-refractivity contribution < 1.29 is 43.3 Å². The summed E-state index contributed by atoms with van der Waals surface area (Å²) in [6.45, 7) is 6.01. The number of carboxylic acids is 1. The molecule has 1 atom stereocenters. The number of hydrogen-bond acceptors (Lipinski definition) is 11. The van der Waals surface area contributed by atoms with Crippen molar-refractivity contribution in [1.82, 2.24) is 34.6 Å². The smallest absolute Gasteiger partial charge is 0.419 e. The van der Waals surface area contributed by atoms with Gasteiger partial charge in [-0.2, -0.15) is 4.68 Å². The number of likely N-dealkylation sites (tertiary alicyclic amines) is 1. The van der Waals surface area contributed by atoms with E-state index in [1.807, 2.05) is 0 Å². The van der Waals surface area contributed by atoms with Crippen molar-refractivity contribution in [2.75, 3.05) is 48.8 Å². The van der Waals surface area contributed by atoms with Crippen LogP contribution in [-0.2, 0) is 30.3 Å². The van der Waals surface area contributed by atoms with Crippen molar-refractivity contribution in [3.05, 3.63) is 89.3 Å². The van der Waals surface area contributed by atoms with E-state index < -0.39 is 41.4 Å². The summed E-state index contributed by atoms with van der Waals surface area (Å²) in [6, 6.07) is 15.8. The molecule has 20 heteroatoms. The van der Waals surface area contributed by atoms with E-state index in [0.29, 0.717) is 40.4 Å². The summed E-state index contributed by atoms with van der Waals surface area (Å²) >= 11 is 6.33. The van der Waals surface area contributed by atoms with Crippen LogP contribution in [0, 0.1) is 0 Å². The van der Waals surface area contributed by atoms with E-state index in [1.165, 1.54) is 51.1 Å². The van der Waals surface area contributed by atoms with Gasteiger partial charge in [0.15, 0.2) is 0 Å².